The van der Waals surface area contributed by atoms with Crippen LogP contribution in [-0.4, -0.2) is 24.5 Å². The van der Waals surface area contributed by atoms with Gasteiger partial charge in [-0.05, 0) is 24.6 Å². The zero-order valence-corrected chi connectivity index (χ0v) is 16.4. The second-order valence-electron chi connectivity index (χ2n) is 6.54. The molecule has 2 aromatic carbocycles. The van der Waals surface area contributed by atoms with Gasteiger partial charge in [0.15, 0.2) is 9.84 Å². The summed E-state index contributed by atoms with van der Waals surface area (Å²) in [5.41, 5.74) is 2.72. The van der Waals surface area contributed by atoms with Gasteiger partial charge in [-0.15, -0.1) is 6.58 Å². The summed E-state index contributed by atoms with van der Waals surface area (Å²) in [5.74, 6) is 0. The molecule has 0 aliphatic carbocycles. The van der Waals surface area contributed by atoms with Crippen LogP contribution in [0.3, 0.4) is 0 Å². The first-order chi connectivity index (χ1) is 13.2. The molecule has 146 valence electrons. The second kappa shape index (κ2) is 7.67. The Morgan fingerprint density at radius 3 is 2.14 bits per heavy atom. The third-order valence-electron chi connectivity index (χ3n) is 4.40. The van der Waals surface area contributed by atoms with Crippen molar-refractivity contribution in [3.8, 4) is 22.4 Å². The van der Waals surface area contributed by atoms with Gasteiger partial charge in [0.25, 0.3) is 6.43 Å². The SMILES string of the molecule is C=CCn1nc(-c2ccc(S(C)(=O)=O)cc2)c(-c2ccc(C)cc2)c1C(F)F. The normalized spacial score (nSPS) is 11.8. The van der Waals surface area contributed by atoms with Crippen LogP contribution in [0.1, 0.15) is 17.7 Å². The van der Waals surface area contributed by atoms with E-state index in [1.807, 2.05) is 19.1 Å². The Morgan fingerprint density at radius 1 is 1.07 bits per heavy atom. The molecule has 28 heavy (non-hydrogen) atoms. The van der Waals surface area contributed by atoms with Crippen molar-refractivity contribution in [3.05, 3.63) is 72.4 Å². The Morgan fingerprint density at radius 2 is 1.64 bits per heavy atom. The highest BCUT2D eigenvalue weighted by Gasteiger charge is 2.26. The van der Waals surface area contributed by atoms with Gasteiger partial charge in [0.05, 0.1) is 11.4 Å². The van der Waals surface area contributed by atoms with E-state index in [0.29, 0.717) is 22.4 Å². The summed E-state index contributed by atoms with van der Waals surface area (Å²) >= 11 is 0. The lowest BCUT2D eigenvalue weighted by molar-refractivity contribution is 0.140. The van der Waals surface area contributed by atoms with E-state index in [1.165, 1.54) is 22.9 Å². The van der Waals surface area contributed by atoms with Crippen molar-refractivity contribution in [2.75, 3.05) is 6.26 Å². The molecule has 1 aromatic heterocycles. The average molecular weight is 402 g/mol. The first-order valence-electron chi connectivity index (χ1n) is 8.59. The topological polar surface area (TPSA) is 52.0 Å². The van der Waals surface area contributed by atoms with E-state index in [1.54, 1.807) is 24.3 Å². The Balaban J connectivity index is 2.26. The number of aromatic nitrogens is 2. The summed E-state index contributed by atoms with van der Waals surface area (Å²) in [6.45, 7) is 5.68. The van der Waals surface area contributed by atoms with Gasteiger partial charge >= 0.3 is 0 Å². The Kier molecular flexibility index (Phi) is 5.47. The molecule has 7 heteroatoms. The maximum absolute atomic E-state index is 14.0. The van der Waals surface area contributed by atoms with Crippen molar-refractivity contribution in [2.45, 2.75) is 24.8 Å². The number of hydrogen-bond acceptors (Lipinski definition) is 3. The molecule has 0 saturated carbocycles. The highest BCUT2D eigenvalue weighted by atomic mass is 32.2. The molecule has 1 heterocycles. The number of rotatable bonds is 6. The molecular weight excluding hydrogens is 382 g/mol. The van der Waals surface area contributed by atoms with Crippen molar-refractivity contribution in [3.63, 3.8) is 0 Å². The first-order valence-corrected chi connectivity index (χ1v) is 10.5. The molecule has 0 amide bonds. The lowest BCUT2D eigenvalue weighted by Crippen LogP contribution is -2.04. The monoisotopic (exact) mass is 402 g/mol. The number of alkyl halides is 2. The number of aryl methyl sites for hydroxylation is 1. The highest BCUT2D eigenvalue weighted by molar-refractivity contribution is 7.90. The molecule has 0 spiro atoms. The van der Waals surface area contributed by atoms with Crippen LogP contribution in [-0.2, 0) is 16.4 Å². The fourth-order valence-corrected chi connectivity index (χ4v) is 3.66. The smallest absolute Gasteiger partial charge is 0.259 e. The molecule has 4 nitrogen and oxygen atoms in total. The van der Waals surface area contributed by atoms with Crippen molar-refractivity contribution in [1.29, 1.82) is 0 Å². The van der Waals surface area contributed by atoms with E-state index in [0.717, 1.165) is 11.8 Å². The predicted octanol–water partition coefficient (Wildman–Crippen LogP) is 5.05. The van der Waals surface area contributed by atoms with Gasteiger partial charge < -0.3 is 0 Å². The summed E-state index contributed by atoms with van der Waals surface area (Å²) in [7, 11) is -3.35. The van der Waals surface area contributed by atoms with Crippen LogP contribution in [0.15, 0.2) is 66.1 Å². The molecular formula is C21H20F2N2O2S. The van der Waals surface area contributed by atoms with Gasteiger partial charge in [0.2, 0.25) is 0 Å². The maximum Gasteiger partial charge on any atom is 0.280 e. The van der Waals surface area contributed by atoms with Gasteiger partial charge in [-0.1, -0.05) is 48.0 Å². The molecule has 0 unspecified atom stereocenters. The number of halogens is 2. The third-order valence-corrected chi connectivity index (χ3v) is 5.53. The van der Waals surface area contributed by atoms with E-state index in [4.69, 9.17) is 0 Å². The standard InChI is InChI=1S/C21H20F2N2O2S/c1-4-13-25-20(21(22)23)18(15-7-5-14(2)6-8-15)19(24-25)16-9-11-17(12-10-16)28(3,26)27/h4-12,21H,1,13H2,2-3H3. The number of nitrogens with zero attached hydrogens (tertiary/aromatic N) is 2. The van der Waals surface area contributed by atoms with Gasteiger partial charge in [0.1, 0.15) is 11.4 Å². The molecule has 0 saturated heterocycles. The molecule has 0 radical (unpaired) electrons. The Hall–Kier alpha value is -2.80. The van der Waals surface area contributed by atoms with Crippen molar-refractivity contribution >= 4 is 9.84 Å². The summed E-state index contributed by atoms with van der Waals surface area (Å²) in [4.78, 5) is 0.160. The van der Waals surface area contributed by atoms with Gasteiger partial charge in [-0.2, -0.15) is 5.10 Å². The minimum Gasteiger partial charge on any atom is -0.259 e. The molecule has 0 bridgehead atoms. The van der Waals surface area contributed by atoms with Crippen LogP contribution in [0.2, 0.25) is 0 Å². The van der Waals surface area contributed by atoms with E-state index in [-0.39, 0.29) is 17.1 Å². The highest BCUT2D eigenvalue weighted by Crippen LogP contribution is 2.39. The quantitative estimate of drug-likeness (QED) is 0.542. The number of allylic oxidation sites excluding steroid dienone is 1. The van der Waals surface area contributed by atoms with E-state index < -0.39 is 16.3 Å². The number of sulfone groups is 1. The van der Waals surface area contributed by atoms with Gasteiger partial charge in [0, 0.05) is 17.4 Å². The van der Waals surface area contributed by atoms with Crippen molar-refractivity contribution in [2.24, 2.45) is 0 Å². The maximum atomic E-state index is 14.0. The van der Waals surface area contributed by atoms with Crippen LogP contribution >= 0.6 is 0 Å². The minimum atomic E-state index is -3.35. The largest absolute Gasteiger partial charge is 0.280 e. The lowest BCUT2D eigenvalue weighted by Gasteiger charge is -2.09. The zero-order valence-electron chi connectivity index (χ0n) is 15.6. The molecule has 0 N–H and O–H groups in total. The summed E-state index contributed by atoms with van der Waals surface area (Å²) < 4.78 is 52.6. The fraction of sp³-hybridized carbons (Fsp3) is 0.190. The summed E-state index contributed by atoms with van der Waals surface area (Å²) in [6, 6.07) is 13.4. The third kappa shape index (κ3) is 3.89. The van der Waals surface area contributed by atoms with Crippen LogP contribution in [0.25, 0.3) is 22.4 Å². The Bertz CT molecular complexity index is 1100. The summed E-state index contributed by atoms with van der Waals surface area (Å²) in [6.07, 6.45) is -0.102. The molecule has 0 aliphatic heterocycles. The minimum absolute atomic E-state index is 0.139. The average Bonchev–Trinajstić information content (AvgIpc) is 3.01. The van der Waals surface area contributed by atoms with E-state index in [9.17, 15) is 17.2 Å². The van der Waals surface area contributed by atoms with Crippen LogP contribution in [0, 0.1) is 6.92 Å². The Labute approximate surface area is 163 Å². The van der Waals surface area contributed by atoms with Gasteiger partial charge in [-0.3, -0.25) is 4.68 Å². The molecule has 0 atom stereocenters. The predicted molar refractivity (Wildman–Crippen MR) is 106 cm³/mol. The number of hydrogen-bond donors (Lipinski definition) is 0. The molecule has 3 aromatic rings. The second-order valence-corrected chi connectivity index (χ2v) is 8.56. The lowest BCUT2D eigenvalue weighted by atomic mass is 9.98. The van der Waals surface area contributed by atoms with E-state index >= 15 is 0 Å². The first kappa shape index (κ1) is 19.9. The molecule has 0 fully saturated rings. The number of benzene rings is 2. The van der Waals surface area contributed by atoms with Crippen molar-refractivity contribution in [1.82, 2.24) is 9.78 Å². The van der Waals surface area contributed by atoms with E-state index in [2.05, 4.69) is 11.7 Å². The van der Waals surface area contributed by atoms with Crippen LogP contribution < -0.4 is 0 Å². The van der Waals surface area contributed by atoms with Gasteiger partial charge in [-0.25, -0.2) is 17.2 Å². The fourth-order valence-electron chi connectivity index (χ4n) is 3.03. The molecule has 3 rings (SSSR count). The van der Waals surface area contributed by atoms with Crippen LogP contribution in [0.5, 0.6) is 0 Å². The van der Waals surface area contributed by atoms with Crippen molar-refractivity contribution < 1.29 is 17.2 Å². The summed E-state index contributed by atoms with van der Waals surface area (Å²) in [5, 5.41) is 4.40. The van der Waals surface area contributed by atoms with Crippen LogP contribution in [0.4, 0.5) is 8.78 Å². The zero-order chi connectivity index (χ0) is 20.5. The molecule has 0 aliphatic rings.